The van der Waals surface area contributed by atoms with Crippen LogP contribution in [0, 0.1) is 5.92 Å². The first-order valence-corrected chi connectivity index (χ1v) is 17.8. The lowest BCUT2D eigenvalue weighted by atomic mass is 9.27. The number of hydrogen-bond donors (Lipinski definition) is 0. The van der Waals surface area contributed by atoms with E-state index in [-0.39, 0.29) is 30.3 Å². The second kappa shape index (κ2) is 9.84. The summed E-state index contributed by atoms with van der Waals surface area (Å²) >= 11 is 0. The lowest BCUT2D eigenvalue weighted by molar-refractivity contribution is 0.0748. The van der Waals surface area contributed by atoms with E-state index in [4.69, 9.17) is 19.2 Å². The molecule has 48 heavy (non-hydrogen) atoms. The molecule has 0 radical (unpaired) electrons. The van der Waals surface area contributed by atoms with Crippen LogP contribution in [-0.4, -0.2) is 24.0 Å². The Bertz CT molecular complexity index is 2100. The average molecular weight is 630 g/mol. The number of para-hydroxylation sites is 1. The van der Waals surface area contributed by atoms with Crippen LogP contribution in [0.15, 0.2) is 102 Å². The third-order valence-corrected chi connectivity index (χ3v) is 11.8. The summed E-state index contributed by atoms with van der Waals surface area (Å²) in [5.74, 6) is 6.18. The molecule has 4 aliphatic heterocycles. The van der Waals surface area contributed by atoms with Crippen LogP contribution < -0.4 is 41.0 Å². The quantitative estimate of drug-likeness (QED) is 0.220. The Labute approximate surface area is 284 Å². The maximum Gasteiger partial charge on any atom is 0.258 e. The Morgan fingerprint density at radius 3 is 2.62 bits per heavy atom. The van der Waals surface area contributed by atoms with E-state index in [0.717, 1.165) is 77.7 Å². The van der Waals surface area contributed by atoms with Crippen molar-refractivity contribution >= 4 is 41.1 Å². The summed E-state index contributed by atoms with van der Waals surface area (Å²) in [7, 11) is 0. The molecule has 5 nitrogen and oxygen atoms in total. The Balaban J connectivity index is 1.25. The predicted molar refractivity (Wildman–Crippen MR) is 196 cm³/mol. The molecule has 0 fully saturated rings. The van der Waals surface area contributed by atoms with Gasteiger partial charge >= 0.3 is 0 Å². The summed E-state index contributed by atoms with van der Waals surface area (Å²) in [6, 6.07) is 15.5. The minimum absolute atomic E-state index is 0.0323. The van der Waals surface area contributed by atoms with E-state index in [0.29, 0.717) is 5.92 Å². The second-order valence-electron chi connectivity index (χ2n) is 16.0. The highest BCUT2D eigenvalue weighted by molar-refractivity contribution is 6.95. The minimum Gasteiger partial charge on any atom is -0.488 e. The predicted octanol–water partition coefficient (Wildman–Crippen LogP) is 6.74. The summed E-state index contributed by atoms with van der Waals surface area (Å²) in [6.07, 6.45) is 18.9. The van der Waals surface area contributed by atoms with Gasteiger partial charge in [-0.05, 0) is 108 Å². The fourth-order valence-electron chi connectivity index (χ4n) is 9.24. The number of allylic oxidation sites excluding steroid dienone is 7. The van der Waals surface area contributed by atoms with Crippen LogP contribution in [0.25, 0.3) is 0 Å². The van der Waals surface area contributed by atoms with Crippen molar-refractivity contribution < 1.29 is 14.2 Å². The van der Waals surface area contributed by atoms with Crippen LogP contribution >= 0.6 is 0 Å². The van der Waals surface area contributed by atoms with Gasteiger partial charge in [-0.15, -0.1) is 0 Å². The van der Waals surface area contributed by atoms with E-state index in [2.05, 4.69) is 118 Å². The van der Waals surface area contributed by atoms with E-state index >= 15 is 0 Å². The molecule has 3 aromatic rings. The minimum atomic E-state index is -0.314. The van der Waals surface area contributed by atoms with Crippen molar-refractivity contribution in [2.75, 3.05) is 4.90 Å². The Morgan fingerprint density at radius 1 is 0.938 bits per heavy atom. The van der Waals surface area contributed by atoms with Crippen molar-refractivity contribution in [3.8, 4) is 23.1 Å². The number of aromatic nitrogens is 1. The maximum absolute atomic E-state index is 7.01. The Morgan fingerprint density at radius 2 is 1.79 bits per heavy atom. The van der Waals surface area contributed by atoms with E-state index < -0.39 is 0 Å². The highest BCUT2D eigenvalue weighted by atomic mass is 16.5. The summed E-state index contributed by atoms with van der Waals surface area (Å²) < 4.78 is 20.6. The van der Waals surface area contributed by atoms with Gasteiger partial charge in [0.25, 0.3) is 6.71 Å². The fraction of sp³-hybridized carbons (Fsp3) is 0.341. The zero-order chi connectivity index (χ0) is 32.5. The number of hydrogen-bond acceptors (Lipinski definition) is 5. The van der Waals surface area contributed by atoms with Crippen LogP contribution in [0.3, 0.4) is 0 Å². The fourth-order valence-corrected chi connectivity index (χ4v) is 9.24. The molecule has 7 aliphatic rings. The topological polar surface area (TPSA) is 43.8 Å². The molecule has 238 valence electrons. The summed E-state index contributed by atoms with van der Waals surface area (Å²) in [5, 5.41) is 0. The monoisotopic (exact) mass is 630 g/mol. The van der Waals surface area contributed by atoms with Gasteiger partial charge < -0.3 is 14.2 Å². The van der Waals surface area contributed by atoms with Gasteiger partial charge in [-0.1, -0.05) is 76.3 Å². The van der Waals surface area contributed by atoms with Crippen molar-refractivity contribution in [2.45, 2.75) is 83.6 Å². The van der Waals surface area contributed by atoms with E-state index in [1.54, 1.807) is 0 Å². The number of nitrogens with zero attached hydrogens (tertiary/aromatic N) is 2. The van der Waals surface area contributed by atoms with Crippen LogP contribution in [0.1, 0.15) is 72.3 Å². The standard InChI is InChI=1S/C41H40B2N2O3/c1-24-16-18-26(19-17-24)45-30-12-10-14-32-36(30)42(27-11-6-7-13-31(27)46-32)28-23-29-39(44-38(28)45)47-33-21-25(40(2,3)4)22-34-37(33)43(29)35-15-8-9-20-41(35,5)48-34/h6-8,11,13-16,18-19,21-24,35H,9-10,12,17,20H2,1-5H3. The molecule has 7 heteroatoms. The number of ether oxygens (including phenoxy) is 3. The van der Waals surface area contributed by atoms with E-state index in [1.165, 1.54) is 33.4 Å². The number of fused-ring (bicyclic) bond motifs is 8. The van der Waals surface area contributed by atoms with Gasteiger partial charge in [-0.25, -0.2) is 0 Å². The van der Waals surface area contributed by atoms with Crippen molar-refractivity contribution in [3.63, 3.8) is 0 Å². The number of anilines is 1. The number of rotatable bonds is 1. The normalized spacial score (nSPS) is 25.6. The molecular weight excluding hydrogens is 590 g/mol. The average Bonchev–Trinajstić information content (AvgIpc) is 3.07. The number of benzene rings is 2. The molecule has 3 aliphatic carbocycles. The van der Waals surface area contributed by atoms with Crippen LogP contribution in [-0.2, 0) is 5.41 Å². The van der Waals surface area contributed by atoms with Crippen molar-refractivity contribution in [2.24, 2.45) is 5.92 Å². The molecule has 5 heterocycles. The van der Waals surface area contributed by atoms with Gasteiger partial charge in [-0.2, -0.15) is 4.98 Å². The first kappa shape index (κ1) is 28.6. The molecule has 2 aromatic carbocycles. The maximum atomic E-state index is 7.01. The van der Waals surface area contributed by atoms with Crippen molar-refractivity contribution in [3.05, 3.63) is 107 Å². The molecule has 10 rings (SSSR count). The first-order chi connectivity index (χ1) is 23.2. The van der Waals surface area contributed by atoms with E-state index in [9.17, 15) is 0 Å². The second-order valence-corrected chi connectivity index (χ2v) is 16.0. The molecule has 0 bridgehead atoms. The molecule has 3 unspecified atom stereocenters. The lowest BCUT2D eigenvalue weighted by Crippen LogP contribution is -2.63. The molecule has 0 amide bonds. The lowest BCUT2D eigenvalue weighted by Gasteiger charge is -2.49. The SMILES string of the molecule is CC1C=CC(N2C3=C4B(c5ccccc5OC4=CCC3)c3cc4c(nc32)Oc2cc(C(C)(C)C)cc3c2B4C2C=CCCC2(C)O3)=CC1. The highest BCUT2D eigenvalue weighted by Crippen LogP contribution is 2.49. The summed E-state index contributed by atoms with van der Waals surface area (Å²) in [6.45, 7) is 11.5. The summed E-state index contributed by atoms with van der Waals surface area (Å²) in [4.78, 5) is 8.04. The third kappa shape index (κ3) is 3.96. The van der Waals surface area contributed by atoms with Crippen molar-refractivity contribution in [1.82, 2.24) is 4.98 Å². The van der Waals surface area contributed by atoms with Gasteiger partial charge in [0.1, 0.15) is 34.4 Å². The highest BCUT2D eigenvalue weighted by Gasteiger charge is 2.54. The van der Waals surface area contributed by atoms with Gasteiger partial charge in [-0.3, -0.25) is 4.90 Å². The van der Waals surface area contributed by atoms with Gasteiger partial charge in [0, 0.05) is 22.7 Å². The van der Waals surface area contributed by atoms with Crippen LogP contribution in [0.5, 0.6) is 23.1 Å². The zero-order valence-corrected chi connectivity index (χ0v) is 28.5. The van der Waals surface area contributed by atoms with Gasteiger partial charge in [0.2, 0.25) is 12.6 Å². The van der Waals surface area contributed by atoms with Crippen molar-refractivity contribution in [1.29, 1.82) is 0 Å². The van der Waals surface area contributed by atoms with Gasteiger partial charge in [0.05, 0.1) is 0 Å². The molecule has 0 saturated carbocycles. The van der Waals surface area contributed by atoms with E-state index in [1.807, 2.05) is 0 Å². The van der Waals surface area contributed by atoms with Crippen LogP contribution in [0.4, 0.5) is 5.82 Å². The molecular formula is C41H40B2N2O3. The van der Waals surface area contributed by atoms with Gasteiger partial charge in [0.15, 0.2) is 0 Å². The third-order valence-electron chi connectivity index (χ3n) is 11.8. The molecule has 0 spiro atoms. The summed E-state index contributed by atoms with van der Waals surface area (Å²) in [5.41, 5.74) is 9.35. The molecule has 1 aromatic heterocycles. The molecule has 0 N–H and O–H groups in total. The van der Waals surface area contributed by atoms with Crippen LogP contribution in [0.2, 0.25) is 5.82 Å². The Hall–Kier alpha value is -4.38. The smallest absolute Gasteiger partial charge is 0.258 e. The molecule has 3 atom stereocenters. The first-order valence-electron chi connectivity index (χ1n) is 17.8. The molecule has 0 saturated heterocycles. The Kier molecular flexibility index (Phi) is 5.87. The zero-order valence-electron chi connectivity index (χ0n) is 28.5. The number of pyridine rings is 1. The largest absolute Gasteiger partial charge is 0.488 e.